The van der Waals surface area contributed by atoms with E-state index in [1.165, 1.54) is 0 Å². The molecule has 2 aliphatic rings. The molecule has 2 rings (SSSR count). The van der Waals surface area contributed by atoms with Crippen molar-refractivity contribution in [1.82, 2.24) is 0 Å². The van der Waals surface area contributed by atoms with Gasteiger partial charge in [-0.15, -0.1) is 0 Å². The van der Waals surface area contributed by atoms with E-state index in [0.29, 0.717) is 0 Å². The summed E-state index contributed by atoms with van der Waals surface area (Å²) < 4.78 is 14.6. The Morgan fingerprint density at radius 3 is 2.35 bits per heavy atom. The quantitative estimate of drug-likeness (QED) is 0.241. The lowest BCUT2D eigenvalue weighted by molar-refractivity contribution is -0.291. The van der Waals surface area contributed by atoms with Gasteiger partial charge in [-0.2, -0.15) is 0 Å². The standard InChI is InChI=1S/C12H18O11/c13-1-3(15)9-8(19)10(11(20)22-9)23-12-7(18)6(17)5(16)4(2-14)21-12/h3-7,9,12-19H,1-2H2/t3-,4+,5+,6-,7+,9?,12?/m0/s1. The summed E-state index contributed by atoms with van der Waals surface area (Å²) in [4.78, 5) is 11.6. The number of carbonyl (C=O) groups excluding carboxylic acids is 1. The van der Waals surface area contributed by atoms with Gasteiger partial charge in [0.2, 0.25) is 12.0 Å². The van der Waals surface area contributed by atoms with E-state index < -0.39 is 73.6 Å². The summed E-state index contributed by atoms with van der Waals surface area (Å²) in [6.45, 7) is -1.50. The fourth-order valence-electron chi connectivity index (χ4n) is 2.20. The highest BCUT2D eigenvalue weighted by Gasteiger charge is 2.48. The summed E-state index contributed by atoms with van der Waals surface area (Å²) in [6.07, 6.45) is -11.2. The third kappa shape index (κ3) is 3.26. The van der Waals surface area contributed by atoms with E-state index in [4.69, 9.17) is 19.7 Å². The van der Waals surface area contributed by atoms with Crippen molar-refractivity contribution in [3.8, 4) is 0 Å². The van der Waals surface area contributed by atoms with Crippen LogP contribution in [0.2, 0.25) is 0 Å². The molecule has 1 fully saturated rings. The van der Waals surface area contributed by atoms with Crippen molar-refractivity contribution in [1.29, 1.82) is 0 Å². The highest BCUT2D eigenvalue weighted by Crippen LogP contribution is 2.29. The van der Waals surface area contributed by atoms with E-state index in [-0.39, 0.29) is 0 Å². The molecule has 0 spiro atoms. The number of cyclic esters (lactones) is 1. The van der Waals surface area contributed by atoms with Crippen molar-refractivity contribution in [2.45, 2.75) is 42.9 Å². The molecule has 0 bridgehead atoms. The molecule has 0 aromatic carbocycles. The third-order valence-corrected chi connectivity index (χ3v) is 3.54. The molecule has 11 heteroatoms. The Balaban J connectivity index is 2.16. The Morgan fingerprint density at radius 2 is 1.78 bits per heavy atom. The Kier molecular flexibility index (Phi) is 5.41. The van der Waals surface area contributed by atoms with Gasteiger partial charge in [0, 0.05) is 0 Å². The second kappa shape index (κ2) is 6.97. The first-order valence-corrected chi connectivity index (χ1v) is 6.72. The maximum Gasteiger partial charge on any atom is 0.378 e. The van der Waals surface area contributed by atoms with Crippen LogP contribution in [0.5, 0.6) is 0 Å². The van der Waals surface area contributed by atoms with E-state index >= 15 is 0 Å². The van der Waals surface area contributed by atoms with Crippen LogP contribution in [0.4, 0.5) is 0 Å². The molecule has 2 heterocycles. The molecule has 0 radical (unpaired) electrons. The van der Waals surface area contributed by atoms with Gasteiger partial charge in [0.1, 0.15) is 30.5 Å². The minimum Gasteiger partial charge on any atom is -0.505 e. The number of hydrogen-bond donors (Lipinski definition) is 7. The lowest BCUT2D eigenvalue weighted by Gasteiger charge is -2.39. The van der Waals surface area contributed by atoms with Gasteiger partial charge >= 0.3 is 5.97 Å². The first kappa shape index (κ1) is 17.9. The van der Waals surface area contributed by atoms with Crippen LogP contribution in [0.25, 0.3) is 0 Å². The van der Waals surface area contributed by atoms with Crippen molar-refractivity contribution in [2.24, 2.45) is 0 Å². The van der Waals surface area contributed by atoms with Crippen molar-refractivity contribution in [3.05, 3.63) is 11.5 Å². The zero-order valence-electron chi connectivity index (χ0n) is 11.7. The molecule has 0 aliphatic carbocycles. The van der Waals surface area contributed by atoms with Crippen LogP contribution in [0, 0.1) is 0 Å². The number of carbonyl (C=O) groups is 1. The first-order valence-electron chi connectivity index (χ1n) is 6.72. The number of aliphatic hydroxyl groups excluding tert-OH is 7. The van der Waals surface area contributed by atoms with Crippen LogP contribution >= 0.6 is 0 Å². The number of hydrogen-bond acceptors (Lipinski definition) is 11. The van der Waals surface area contributed by atoms with E-state index in [1.54, 1.807) is 0 Å². The molecular formula is C12H18O11. The molecule has 7 atom stereocenters. The van der Waals surface area contributed by atoms with Gasteiger partial charge in [-0.1, -0.05) is 0 Å². The molecule has 1 saturated heterocycles. The molecule has 2 unspecified atom stereocenters. The van der Waals surface area contributed by atoms with Gasteiger partial charge in [0.15, 0.2) is 11.9 Å². The first-order chi connectivity index (χ1) is 10.8. The number of ether oxygens (including phenoxy) is 3. The lowest BCUT2D eigenvalue weighted by Crippen LogP contribution is -2.59. The SMILES string of the molecule is O=C1OC([C@@H](O)CO)C(O)=C1OC1O[C@H](CO)[C@@H](O)[C@H](O)[C@H]1O. The van der Waals surface area contributed by atoms with Crippen LogP contribution in [0.1, 0.15) is 0 Å². The summed E-state index contributed by atoms with van der Waals surface area (Å²) >= 11 is 0. The zero-order chi connectivity index (χ0) is 17.3. The third-order valence-electron chi connectivity index (χ3n) is 3.54. The van der Waals surface area contributed by atoms with Crippen LogP contribution in [0.15, 0.2) is 11.5 Å². The smallest absolute Gasteiger partial charge is 0.378 e. The van der Waals surface area contributed by atoms with Gasteiger partial charge in [0.25, 0.3) is 0 Å². The second-order valence-corrected chi connectivity index (χ2v) is 5.11. The number of esters is 1. The molecule has 0 saturated carbocycles. The Labute approximate surface area is 129 Å². The zero-order valence-corrected chi connectivity index (χ0v) is 11.7. The van der Waals surface area contributed by atoms with Crippen molar-refractivity contribution in [3.63, 3.8) is 0 Å². The highest BCUT2D eigenvalue weighted by atomic mass is 16.7. The van der Waals surface area contributed by atoms with E-state index in [2.05, 4.69) is 4.74 Å². The average Bonchev–Trinajstić information content (AvgIpc) is 2.82. The predicted octanol–water partition coefficient (Wildman–Crippen LogP) is -4.15. The summed E-state index contributed by atoms with van der Waals surface area (Å²) in [5, 5.41) is 66.1. The number of aliphatic hydroxyl groups is 7. The predicted molar refractivity (Wildman–Crippen MR) is 67.5 cm³/mol. The maximum atomic E-state index is 11.6. The molecule has 0 amide bonds. The summed E-state index contributed by atoms with van der Waals surface area (Å²) in [5.74, 6) is -2.79. The van der Waals surface area contributed by atoms with Crippen molar-refractivity contribution < 1.29 is 54.8 Å². The monoisotopic (exact) mass is 338 g/mol. The fourth-order valence-corrected chi connectivity index (χ4v) is 2.20. The van der Waals surface area contributed by atoms with Gasteiger partial charge in [-0.05, 0) is 0 Å². The summed E-state index contributed by atoms with van der Waals surface area (Å²) in [6, 6.07) is 0. The van der Waals surface area contributed by atoms with Crippen molar-refractivity contribution in [2.75, 3.05) is 13.2 Å². The summed E-state index contributed by atoms with van der Waals surface area (Å²) in [5.41, 5.74) is 0. The molecule has 11 nitrogen and oxygen atoms in total. The average molecular weight is 338 g/mol. The van der Waals surface area contributed by atoms with Crippen LogP contribution in [-0.4, -0.2) is 97.8 Å². The molecule has 7 N–H and O–H groups in total. The van der Waals surface area contributed by atoms with Crippen LogP contribution in [0.3, 0.4) is 0 Å². The molecule has 2 aliphatic heterocycles. The number of rotatable bonds is 5. The van der Waals surface area contributed by atoms with Gasteiger partial charge in [0.05, 0.1) is 13.2 Å². The largest absolute Gasteiger partial charge is 0.505 e. The highest BCUT2D eigenvalue weighted by molar-refractivity contribution is 5.89. The maximum absolute atomic E-state index is 11.6. The normalized spacial score (nSPS) is 39.3. The fraction of sp³-hybridized carbons (Fsp3) is 0.750. The van der Waals surface area contributed by atoms with E-state index in [9.17, 15) is 30.3 Å². The van der Waals surface area contributed by atoms with E-state index in [0.717, 1.165) is 0 Å². The molecule has 0 aromatic heterocycles. The molecule has 23 heavy (non-hydrogen) atoms. The summed E-state index contributed by atoms with van der Waals surface area (Å²) in [7, 11) is 0. The second-order valence-electron chi connectivity index (χ2n) is 5.11. The Morgan fingerprint density at radius 1 is 1.13 bits per heavy atom. The van der Waals surface area contributed by atoms with Crippen LogP contribution in [-0.2, 0) is 19.0 Å². The van der Waals surface area contributed by atoms with Crippen molar-refractivity contribution >= 4 is 5.97 Å². The van der Waals surface area contributed by atoms with E-state index in [1.807, 2.05) is 0 Å². The Hall–Kier alpha value is -1.47. The molecular weight excluding hydrogens is 320 g/mol. The van der Waals surface area contributed by atoms with Gasteiger partial charge < -0.3 is 50.0 Å². The van der Waals surface area contributed by atoms with Crippen LogP contribution < -0.4 is 0 Å². The lowest BCUT2D eigenvalue weighted by atomic mass is 9.99. The molecule has 0 aromatic rings. The Bertz CT molecular complexity index is 476. The molecule has 132 valence electrons. The topological polar surface area (TPSA) is 186 Å². The minimum absolute atomic E-state index is 0.702. The van der Waals surface area contributed by atoms with Gasteiger partial charge in [-0.25, -0.2) is 4.79 Å². The van der Waals surface area contributed by atoms with Gasteiger partial charge in [-0.3, -0.25) is 0 Å². The minimum atomic E-state index is -1.79.